The fourth-order valence-corrected chi connectivity index (χ4v) is 2.25. The number of aromatic nitrogens is 2. The molecular formula is C13H8ClN3O3. The van der Waals surface area contributed by atoms with Gasteiger partial charge in [0.25, 0.3) is 17.4 Å². The van der Waals surface area contributed by atoms with Crippen LogP contribution in [0.15, 0.2) is 35.1 Å². The number of rotatable bonds is 2. The molecule has 0 bridgehead atoms. The van der Waals surface area contributed by atoms with Gasteiger partial charge in [0, 0.05) is 11.6 Å². The molecule has 0 aliphatic carbocycles. The molecule has 0 saturated heterocycles. The number of aromatic amines is 1. The number of carbonyl (C=O) groups excluding carboxylic acids is 2. The Morgan fingerprint density at radius 3 is 2.30 bits per heavy atom. The Balaban J connectivity index is 1.98. The van der Waals surface area contributed by atoms with E-state index in [-0.39, 0.29) is 11.7 Å². The number of hydrogen-bond donors (Lipinski definition) is 1. The van der Waals surface area contributed by atoms with Crippen molar-refractivity contribution in [3.05, 3.63) is 62.5 Å². The summed E-state index contributed by atoms with van der Waals surface area (Å²) in [6.45, 7) is -0.0813. The Kier molecular flexibility index (Phi) is 2.87. The van der Waals surface area contributed by atoms with Crippen molar-refractivity contribution >= 4 is 23.4 Å². The smallest absolute Gasteiger partial charge is 0.264 e. The predicted molar refractivity (Wildman–Crippen MR) is 70.5 cm³/mol. The largest absolute Gasteiger partial charge is 0.270 e. The number of H-pyrrole nitrogens is 1. The second-order valence-electron chi connectivity index (χ2n) is 4.29. The molecule has 0 unspecified atom stereocenters. The molecule has 3 rings (SSSR count). The highest BCUT2D eigenvalue weighted by Gasteiger charge is 2.35. The molecule has 1 aliphatic rings. The lowest BCUT2D eigenvalue weighted by Gasteiger charge is -2.13. The van der Waals surface area contributed by atoms with Gasteiger partial charge in [-0.05, 0) is 12.1 Å². The Hall–Kier alpha value is -2.47. The predicted octanol–water partition coefficient (Wildman–Crippen LogP) is 1.22. The summed E-state index contributed by atoms with van der Waals surface area (Å²) < 4.78 is 0. The topological polar surface area (TPSA) is 83.1 Å². The zero-order valence-electron chi connectivity index (χ0n) is 10.1. The standard InChI is InChI=1S/C13H8ClN3O3/c14-11-7(5-10(18)15-16-11)6-17-12(19)8-3-1-2-4-9(8)13(17)20/h1-5H,6H2,(H,15,18). The van der Waals surface area contributed by atoms with Crippen LogP contribution in [0.1, 0.15) is 26.3 Å². The maximum atomic E-state index is 12.2. The third-order valence-corrected chi connectivity index (χ3v) is 3.37. The lowest BCUT2D eigenvalue weighted by atomic mass is 10.1. The summed E-state index contributed by atoms with van der Waals surface area (Å²) in [5.41, 5.74) is 0.587. The summed E-state index contributed by atoms with van der Waals surface area (Å²) in [6.07, 6.45) is 0. The van der Waals surface area contributed by atoms with Crippen molar-refractivity contribution in [1.82, 2.24) is 15.1 Å². The average Bonchev–Trinajstić information content (AvgIpc) is 2.68. The van der Waals surface area contributed by atoms with E-state index in [1.807, 2.05) is 0 Å². The van der Waals surface area contributed by atoms with E-state index in [1.165, 1.54) is 6.07 Å². The van der Waals surface area contributed by atoms with E-state index in [1.54, 1.807) is 24.3 Å². The number of fused-ring (bicyclic) bond motifs is 1. The summed E-state index contributed by atoms with van der Waals surface area (Å²) in [6, 6.07) is 7.78. The van der Waals surface area contributed by atoms with Gasteiger partial charge in [0.05, 0.1) is 17.7 Å². The number of benzene rings is 1. The molecule has 2 amide bonds. The van der Waals surface area contributed by atoms with E-state index in [9.17, 15) is 14.4 Å². The zero-order valence-corrected chi connectivity index (χ0v) is 10.8. The number of imide groups is 1. The first-order valence-corrected chi connectivity index (χ1v) is 6.15. The second kappa shape index (κ2) is 4.57. The van der Waals surface area contributed by atoms with Crippen LogP contribution in [-0.4, -0.2) is 26.9 Å². The van der Waals surface area contributed by atoms with Gasteiger partial charge in [-0.25, -0.2) is 5.10 Å². The Morgan fingerprint density at radius 2 is 1.70 bits per heavy atom. The SMILES string of the molecule is O=C1c2ccccc2C(=O)N1Cc1cc(=O)[nH]nc1Cl. The lowest BCUT2D eigenvalue weighted by Crippen LogP contribution is -2.30. The highest BCUT2D eigenvalue weighted by Crippen LogP contribution is 2.25. The van der Waals surface area contributed by atoms with Crippen molar-refractivity contribution in [3.63, 3.8) is 0 Å². The molecule has 2 heterocycles. The van der Waals surface area contributed by atoms with Crippen molar-refractivity contribution in [2.45, 2.75) is 6.54 Å². The minimum Gasteiger partial charge on any atom is -0.270 e. The molecule has 1 aliphatic heterocycles. The summed E-state index contributed by atoms with van der Waals surface area (Å²) in [5.74, 6) is -0.802. The molecule has 6 nitrogen and oxygen atoms in total. The van der Waals surface area contributed by atoms with Crippen LogP contribution < -0.4 is 5.56 Å². The minimum atomic E-state index is -0.444. The highest BCUT2D eigenvalue weighted by molar-refractivity contribution is 6.30. The van der Waals surface area contributed by atoms with Gasteiger partial charge in [-0.3, -0.25) is 19.3 Å². The van der Waals surface area contributed by atoms with Crippen LogP contribution in [0.25, 0.3) is 0 Å². The van der Waals surface area contributed by atoms with E-state index in [0.717, 1.165) is 4.90 Å². The summed E-state index contributed by atoms with van der Waals surface area (Å²) in [5, 5.41) is 5.83. The molecule has 0 fully saturated rings. The Labute approximate surface area is 118 Å². The monoisotopic (exact) mass is 289 g/mol. The van der Waals surface area contributed by atoms with E-state index in [4.69, 9.17) is 11.6 Å². The summed E-state index contributed by atoms with van der Waals surface area (Å²) in [4.78, 5) is 36.6. The van der Waals surface area contributed by atoms with Crippen LogP contribution in [0, 0.1) is 0 Å². The molecule has 100 valence electrons. The zero-order chi connectivity index (χ0) is 14.3. The van der Waals surface area contributed by atoms with Gasteiger partial charge >= 0.3 is 0 Å². The number of halogens is 1. The number of amides is 2. The maximum absolute atomic E-state index is 12.2. The van der Waals surface area contributed by atoms with Crippen LogP contribution in [0.2, 0.25) is 5.15 Å². The first-order valence-electron chi connectivity index (χ1n) is 5.77. The van der Waals surface area contributed by atoms with Crippen molar-refractivity contribution in [1.29, 1.82) is 0 Å². The quantitative estimate of drug-likeness (QED) is 0.843. The molecule has 7 heteroatoms. The molecule has 1 N–H and O–H groups in total. The van der Waals surface area contributed by atoms with E-state index in [2.05, 4.69) is 10.2 Å². The third kappa shape index (κ3) is 1.90. The van der Waals surface area contributed by atoms with Gasteiger partial charge in [-0.15, -0.1) is 0 Å². The number of nitrogens with one attached hydrogen (secondary N) is 1. The lowest BCUT2D eigenvalue weighted by molar-refractivity contribution is 0.0642. The Morgan fingerprint density at radius 1 is 1.10 bits per heavy atom. The fourth-order valence-electron chi connectivity index (χ4n) is 2.09. The molecule has 0 spiro atoms. The number of hydrogen-bond acceptors (Lipinski definition) is 4. The number of nitrogens with zero attached hydrogens (tertiary/aromatic N) is 2. The first kappa shape index (κ1) is 12.6. The van der Waals surface area contributed by atoms with Gasteiger partial charge in [-0.2, -0.15) is 5.10 Å². The van der Waals surface area contributed by atoms with Gasteiger partial charge in [0.1, 0.15) is 0 Å². The van der Waals surface area contributed by atoms with Crippen molar-refractivity contribution in [2.24, 2.45) is 0 Å². The van der Waals surface area contributed by atoms with Crippen LogP contribution in [0.4, 0.5) is 0 Å². The second-order valence-corrected chi connectivity index (χ2v) is 4.65. The minimum absolute atomic E-state index is 0.0566. The molecule has 20 heavy (non-hydrogen) atoms. The van der Waals surface area contributed by atoms with Gasteiger partial charge in [-0.1, -0.05) is 23.7 Å². The molecule has 1 aromatic carbocycles. The highest BCUT2D eigenvalue weighted by atomic mass is 35.5. The van der Waals surface area contributed by atoms with Crippen molar-refractivity contribution in [2.75, 3.05) is 0 Å². The molecule has 0 radical (unpaired) electrons. The molecule has 0 saturated carbocycles. The van der Waals surface area contributed by atoms with Gasteiger partial charge in [0.2, 0.25) is 0 Å². The van der Waals surface area contributed by atoms with Crippen molar-refractivity contribution < 1.29 is 9.59 Å². The normalized spacial score (nSPS) is 13.8. The van der Waals surface area contributed by atoms with E-state index >= 15 is 0 Å². The molecular weight excluding hydrogens is 282 g/mol. The summed E-state index contributed by atoms with van der Waals surface area (Å²) >= 11 is 5.85. The fraction of sp³-hybridized carbons (Fsp3) is 0.0769. The first-order chi connectivity index (χ1) is 9.58. The van der Waals surface area contributed by atoms with Crippen LogP contribution in [-0.2, 0) is 6.54 Å². The van der Waals surface area contributed by atoms with Gasteiger partial charge < -0.3 is 0 Å². The van der Waals surface area contributed by atoms with Crippen LogP contribution in [0.5, 0.6) is 0 Å². The number of carbonyl (C=O) groups is 2. The van der Waals surface area contributed by atoms with E-state index in [0.29, 0.717) is 16.7 Å². The van der Waals surface area contributed by atoms with Crippen LogP contribution >= 0.6 is 11.6 Å². The molecule has 0 atom stereocenters. The van der Waals surface area contributed by atoms with E-state index < -0.39 is 17.4 Å². The summed E-state index contributed by atoms with van der Waals surface area (Å²) in [7, 11) is 0. The Bertz CT molecular complexity index is 749. The third-order valence-electron chi connectivity index (χ3n) is 3.04. The van der Waals surface area contributed by atoms with Crippen LogP contribution in [0.3, 0.4) is 0 Å². The maximum Gasteiger partial charge on any atom is 0.264 e. The van der Waals surface area contributed by atoms with Gasteiger partial charge in [0.15, 0.2) is 5.15 Å². The molecule has 2 aromatic rings. The average molecular weight is 290 g/mol. The molecule has 1 aromatic heterocycles. The van der Waals surface area contributed by atoms with Crippen molar-refractivity contribution in [3.8, 4) is 0 Å².